The van der Waals surface area contributed by atoms with Crippen LogP contribution in [0.3, 0.4) is 0 Å². The Morgan fingerprint density at radius 3 is 0.388 bits per heavy atom. The number of ether oxygens (including phenoxy) is 4. The normalized spacial score (nSPS) is 13.5. The van der Waals surface area contributed by atoms with Gasteiger partial charge in [0.15, 0.2) is 105 Å². The fraction of sp³-hybridized carbons (Fsp3) is 0.0952. The van der Waals surface area contributed by atoms with Crippen LogP contribution in [0.2, 0.25) is 0 Å². The van der Waals surface area contributed by atoms with E-state index < -0.39 is 259 Å². The van der Waals surface area contributed by atoms with Crippen LogP contribution in [0.1, 0.15) is 0 Å². The highest BCUT2D eigenvalue weighted by Crippen LogP contribution is 2.34. The van der Waals surface area contributed by atoms with Crippen molar-refractivity contribution in [3.8, 4) is 0 Å². The van der Waals surface area contributed by atoms with Crippen LogP contribution in [0.5, 0.6) is 0 Å². The number of hydrogen-bond donors (Lipinski definition) is 0. The maximum Gasteiger partial charge on any atom is 0.659 e. The van der Waals surface area contributed by atoms with Gasteiger partial charge in [0, 0.05) is 0 Å². The number of benzene rings is 6. The second kappa shape index (κ2) is 21.2. The molecule has 38 heteroatoms. The van der Waals surface area contributed by atoms with E-state index in [0.717, 1.165) is 0 Å². The molecule has 428 valence electrons. The van der Waals surface area contributed by atoms with E-state index >= 15 is 52.7 Å². The number of rotatable bonds is 8. The molecule has 0 radical (unpaired) electrons. The zero-order chi connectivity index (χ0) is 60.0. The summed E-state index contributed by atoms with van der Waals surface area (Å²) in [7, 11) is 0. The maximum absolute atomic E-state index is 15.1. The molecule has 2 saturated heterocycles. The van der Waals surface area contributed by atoms with E-state index in [1.165, 1.54) is 0 Å². The van der Waals surface area contributed by atoms with Crippen LogP contribution in [0.15, 0.2) is 0 Å². The Morgan fingerprint density at radius 2 is 0.275 bits per heavy atom. The minimum atomic E-state index is -6.21. The average Bonchev–Trinajstić information content (AvgIpc) is 4.09. The van der Waals surface area contributed by atoms with Gasteiger partial charge < -0.3 is 27.6 Å². The second-order valence-electron chi connectivity index (χ2n) is 15.6. The SMILES string of the molecule is Fc1c(F)c(F)c([B-]([O+]=C2OCCO2)(c2c(F)c(F)c(F)c(F)c2F)c2c(F)c(F)c(F)c(F)c2F)c(F)c1F.Fc1c(F)c(F)c([B-]([O+]=C2OCCO2)(c2c(F)c(F)c(F)c(F)c2F)c2c(F)c(F)c(F)c(F)c2F)c(F)c1F. The van der Waals surface area contributed by atoms with Gasteiger partial charge in [0.25, 0.3) is 0 Å². The number of hydrogen-bond acceptors (Lipinski definition) is 4. The van der Waals surface area contributed by atoms with E-state index in [-0.39, 0.29) is 0 Å². The smallest absolute Gasteiger partial charge is 0.552 e. The van der Waals surface area contributed by atoms with Crippen molar-refractivity contribution >= 4 is 57.8 Å². The van der Waals surface area contributed by atoms with Gasteiger partial charge in [-0.3, -0.25) is 0 Å². The molecule has 0 atom stereocenters. The van der Waals surface area contributed by atoms with Crippen molar-refractivity contribution in [3.05, 3.63) is 175 Å². The average molecular weight is 1200 g/mol. The minimum absolute atomic E-state index is 0.688. The third-order valence-electron chi connectivity index (χ3n) is 11.5. The Labute approximate surface area is 418 Å². The third kappa shape index (κ3) is 8.64. The van der Waals surface area contributed by atoms with Gasteiger partial charge in [-0.15, -0.1) is 0 Å². The van der Waals surface area contributed by atoms with E-state index in [2.05, 4.69) is 27.6 Å². The Morgan fingerprint density at radius 1 is 0.175 bits per heavy atom. The topological polar surface area (TPSA) is 59.5 Å². The molecule has 0 aliphatic carbocycles. The van der Waals surface area contributed by atoms with Crippen molar-refractivity contribution in [1.29, 1.82) is 0 Å². The van der Waals surface area contributed by atoms with Crippen molar-refractivity contribution < 1.29 is 159 Å². The first-order valence-electron chi connectivity index (χ1n) is 20.3. The molecule has 0 aromatic heterocycles. The van der Waals surface area contributed by atoms with Crippen LogP contribution in [-0.4, -0.2) is 51.4 Å². The first-order valence-corrected chi connectivity index (χ1v) is 20.3. The van der Waals surface area contributed by atoms with E-state index in [1.807, 2.05) is 0 Å². The molecule has 6 aromatic rings. The highest BCUT2D eigenvalue weighted by molar-refractivity contribution is 7.07. The lowest BCUT2D eigenvalue weighted by atomic mass is 9.27. The molecule has 2 aliphatic rings. The monoisotopic (exact) mass is 1200 g/mol. The van der Waals surface area contributed by atoms with Crippen LogP contribution < -0.4 is 32.8 Å². The van der Waals surface area contributed by atoms with E-state index in [9.17, 15) is 79.0 Å². The highest BCUT2D eigenvalue weighted by Gasteiger charge is 2.57. The molecule has 0 N–H and O–H groups in total. The van der Waals surface area contributed by atoms with Crippen molar-refractivity contribution in [2.45, 2.75) is 0 Å². The van der Waals surface area contributed by atoms with E-state index in [1.54, 1.807) is 0 Å². The molecule has 0 bridgehead atoms. The predicted molar refractivity (Wildman–Crippen MR) is 201 cm³/mol. The highest BCUT2D eigenvalue weighted by atomic mass is 19.2. The third-order valence-corrected chi connectivity index (χ3v) is 11.5. The van der Waals surface area contributed by atoms with Gasteiger partial charge in [0.1, 0.15) is 69.8 Å². The van der Waals surface area contributed by atoms with Crippen molar-refractivity contribution in [2.24, 2.45) is 0 Å². The van der Waals surface area contributed by atoms with Crippen LogP contribution >= 0.6 is 0 Å². The maximum atomic E-state index is 15.1. The van der Waals surface area contributed by atoms with E-state index in [4.69, 9.17) is 0 Å². The zero-order valence-corrected chi connectivity index (χ0v) is 36.8. The number of carbonyl (C=O) groups excluding carboxylic acids is 2. The molecule has 2 heterocycles. The van der Waals surface area contributed by atoms with Gasteiger partial charge in [-0.05, 0) is 0 Å². The van der Waals surface area contributed by atoms with Crippen LogP contribution in [0, 0.1) is 175 Å². The molecule has 2 aliphatic heterocycles. The number of halogens is 30. The Hall–Kier alpha value is -8.11. The summed E-state index contributed by atoms with van der Waals surface area (Å²) in [6.45, 7) is -2.75. The first-order chi connectivity index (χ1) is 37.2. The Bertz CT molecular complexity index is 2960. The number of cyclic esters (lactones) is 4. The Balaban J connectivity index is 0.000000231. The quantitative estimate of drug-likeness (QED) is 0.0382. The lowest BCUT2D eigenvalue weighted by molar-refractivity contribution is -0.00837. The molecule has 6 aromatic carbocycles. The van der Waals surface area contributed by atoms with Crippen LogP contribution in [0.4, 0.5) is 140 Å². The molecule has 0 unspecified atom stereocenters. The fourth-order valence-corrected chi connectivity index (χ4v) is 8.10. The van der Waals surface area contributed by atoms with Crippen LogP contribution in [0.25, 0.3) is 0 Å². The molecule has 0 spiro atoms. The predicted octanol–water partition coefficient (Wildman–Crippen LogP) is 8.88. The minimum Gasteiger partial charge on any atom is -0.552 e. The summed E-state index contributed by atoms with van der Waals surface area (Å²) in [5.41, 5.74) is -17.6. The molecular weight excluding hydrogens is 1190 g/mol. The zero-order valence-electron chi connectivity index (χ0n) is 36.8. The van der Waals surface area contributed by atoms with Crippen LogP contribution in [-0.2, 0) is 18.9 Å². The summed E-state index contributed by atoms with van der Waals surface area (Å²) in [5.74, 6) is -94.5. The van der Waals surface area contributed by atoms with Crippen molar-refractivity contribution in [1.82, 2.24) is 0 Å². The largest absolute Gasteiger partial charge is 0.659 e. The van der Waals surface area contributed by atoms with Crippen molar-refractivity contribution in [3.63, 3.8) is 0 Å². The fourth-order valence-electron chi connectivity index (χ4n) is 8.10. The Kier molecular flexibility index (Phi) is 15.8. The van der Waals surface area contributed by atoms with Gasteiger partial charge in [-0.25, -0.2) is 132 Å². The van der Waals surface area contributed by atoms with Gasteiger partial charge in [-0.1, -0.05) is 32.8 Å². The molecule has 8 rings (SSSR count). The van der Waals surface area contributed by atoms with E-state index in [0.29, 0.717) is 0 Å². The molecular formula is C42H8B2F30O6. The van der Waals surface area contributed by atoms with Gasteiger partial charge in [0.05, 0.1) is 0 Å². The molecule has 0 amide bonds. The van der Waals surface area contributed by atoms with Gasteiger partial charge in [-0.2, -0.15) is 0 Å². The molecule has 80 heavy (non-hydrogen) atoms. The van der Waals surface area contributed by atoms with Gasteiger partial charge in [0.2, 0.25) is 26.4 Å². The second-order valence-corrected chi connectivity index (χ2v) is 15.6. The summed E-state index contributed by atoms with van der Waals surface area (Å²) in [6, 6.07) is 0. The summed E-state index contributed by atoms with van der Waals surface area (Å²) < 4.78 is 463. The first kappa shape index (κ1) is 59.5. The lowest BCUT2D eigenvalue weighted by Crippen LogP contribution is -2.71. The molecule has 2 fully saturated rings. The standard InChI is InChI=1S/2C21H4BF15O3/c2*23-6-3(7(24)13(30)18(35)12(6)29)22(40-21-38-1-2-39-21,4-8(25)14(31)19(36)15(32)9(4)26)5-10(27)16(33)20(37)17(34)11(5)28/h2*1-2H2. The molecule has 0 saturated carbocycles. The van der Waals surface area contributed by atoms with Crippen molar-refractivity contribution in [2.75, 3.05) is 26.4 Å². The lowest BCUT2D eigenvalue weighted by Gasteiger charge is -2.36. The summed E-state index contributed by atoms with van der Waals surface area (Å²) in [6.07, 6.45) is -15.9. The summed E-state index contributed by atoms with van der Waals surface area (Å²) in [4.78, 5) is 0. The molecule has 6 nitrogen and oxygen atoms in total. The summed E-state index contributed by atoms with van der Waals surface area (Å²) >= 11 is 0. The van der Waals surface area contributed by atoms with Gasteiger partial charge >= 0.3 is 25.0 Å². The summed E-state index contributed by atoms with van der Waals surface area (Å²) in [5, 5.41) is 0.